The quantitative estimate of drug-likeness (QED) is 0.765. The molecule has 0 spiro atoms. The van der Waals surface area contributed by atoms with Crippen molar-refractivity contribution in [3.8, 4) is 5.75 Å². The third kappa shape index (κ3) is 1.96. The third-order valence-corrected chi connectivity index (χ3v) is 2.73. The molecule has 15 heavy (non-hydrogen) atoms. The SMILES string of the molecule is COc1ccc2c(c1)C(=O)CCC(C)N2. The molecule has 0 fully saturated rings. The lowest BCUT2D eigenvalue weighted by molar-refractivity contribution is 0.0981. The molecule has 0 amide bonds. The van der Waals surface area contributed by atoms with Gasteiger partial charge in [-0.2, -0.15) is 0 Å². The van der Waals surface area contributed by atoms with Crippen LogP contribution in [0.3, 0.4) is 0 Å². The van der Waals surface area contributed by atoms with Crippen LogP contribution in [0.15, 0.2) is 18.2 Å². The molecule has 80 valence electrons. The first-order chi connectivity index (χ1) is 7.20. The molecule has 0 aliphatic carbocycles. The number of ether oxygens (including phenoxy) is 1. The van der Waals surface area contributed by atoms with Crippen molar-refractivity contribution in [3.05, 3.63) is 23.8 Å². The molecule has 2 rings (SSSR count). The highest BCUT2D eigenvalue weighted by atomic mass is 16.5. The van der Waals surface area contributed by atoms with E-state index in [4.69, 9.17) is 4.74 Å². The Labute approximate surface area is 89.4 Å². The number of fused-ring (bicyclic) bond motifs is 1. The minimum absolute atomic E-state index is 0.195. The van der Waals surface area contributed by atoms with Crippen LogP contribution in [-0.4, -0.2) is 18.9 Å². The van der Waals surface area contributed by atoms with Crippen molar-refractivity contribution < 1.29 is 9.53 Å². The van der Waals surface area contributed by atoms with E-state index in [1.165, 1.54) is 0 Å². The molecule has 3 nitrogen and oxygen atoms in total. The highest BCUT2D eigenvalue weighted by Crippen LogP contribution is 2.27. The Morgan fingerprint density at radius 1 is 1.47 bits per heavy atom. The second kappa shape index (κ2) is 3.93. The van der Waals surface area contributed by atoms with E-state index in [1.54, 1.807) is 7.11 Å². The summed E-state index contributed by atoms with van der Waals surface area (Å²) in [5.41, 5.74) is 1.67. The summed E-state index contributed by atoms with van der Waals surface area (Å²) in [6.07, 6.45) is 1.49. The van der Waals surface area contributed by atoms with Crippen molar-refractivity contribution in [2.75, 3.05) is 12.4 Å². The normalized spacial score (nSPS) is 20.1. The van der Waals surface area contributed by atoms with E-state index in [9.17, 15) is 4.79 Å². The first-order valence-corrected chi connectivity index (χ1v) is 5.18. The van der Waals surface area contributed by atoms with Gasteiger partial charge in [-0.25, -0.2) is 0 Å². The van der Waals surface area contributed by atoms with Crippen molar-refractivity contribution in [1.29, 1.82) is 0 Å². The van der Waals surface area contributed by atoms with Crippen LogP contribution in [0, 0.1) is 0 Å². The number of carbonyl (C=O) groups excluding carboxylic acids is 1. The molecule has 1 unspecified atom stereocenters. The van der Waals surface area contributed by atoms with Gasteiger partial charge >= 0.3 is 0 Å². The van der Waals surface area contributed by atoms with Gasteiger partial charge < -0.3 is 10.1 Å². The van der Waals surface area contributed by atoms with E-state index in [1.807, 2.05) is 18.2 Å². The predicted molar refractivity (Wildman–Crippen MR) is 59.6 cm³/mol. The lowest BCUT2D eigenvalue weighted by atomic mass is 10.1. The zero-order chi connectivity index (χ0) is 10.8. The monoisotopic (exact) mass is 205 g/mol. The smallest absolute Gasteiger partial charge is 0.165 e. The van der Waals surface area contributed by atoms with Crippen LogP contribution in [0.1, 0.15) is 30.1 Å². The minimum Gasteiger partial charge on any atom is -0.497 e. The number of nitrogens with one attached hydrogen (secondary N) is 1. The minimum atomic E-state index is 0.195. The van der Waals surface area contributed by atoms with Gasteiger partial charge in [0.05, 0.1) is 7.11 Å². The maximum Gasteiger partial charge on any atom is 0.165 e. The first kappa shape index (κ1) is 10.0. The Morgan fingerprint density at radius 3 is 3.00 bits per heavy atom. The largest absolute Gasteiger partial charge is 0.497 e. The van der Waals surface area contributed by atoms with Gasteiger partial charge in [0.2, 0.25) is 0 Å². The summed E-state index contributed by atoms with van der Waals surface area (Å²) in [6.45, 7) is 2.09. The zero-order valence-electron chi connectivity index (χ0n) is 9.04. The molecule has 0 bridgehead atoms. The molecule has 0 saturated heterocycles. The van der Waals surface area contributed by atoms with E-state index < -0.39 is 0 Å². The van der Waals surface area contributed by atoms with Crippen molar-refractivity contribution in [3.63, 3.8) is 0 Å². The number of rotatable bonds is 1. The molecule has 0 aromatic heterocycles. The molecule has 1 N–H and O–H groups in total. The molecule has 1 atom stereocenters. The van der Waals surface area contributed by atoms with E-state index >= 15 is 0 Å². The summed E-state index contributed by atoms with van der Waals surface area (Å²) >= 11 is 0. The number of hydrogen-bond donors (Lipinski definition) is 1. The van der Waals surface area contributed by atoms with Crippen LogP contribution in [0.5, 0.6) is 5.75 Å². The van der Waals surface area contributed by atoms with Gasteiger partial charge in [-0.3, -0.25) is 4.79 Å². The summed E-state index contributed by atoms with van der Waals surface area (Å²) in [5, 5.41) is 3.33. The number of carbonyl (C=O) groups is 1. The maximum absolute atomic E-state index is 11.8. The fourth-order valence-corrected chi connectivity index (χ4v) is 1.83. The van der Waals surface area contributed by atoms with Crippen LogP contribution in [-0.2, 0) is 0 Å². The fourth-order valence-electron chi connectivity index (χ4n) is 1.83. The number of Topliss-reactive ketones (excluding diaryl/α,β-unsaturated/α-hetero) is 1. The summed E-state index contributed by atoms with van der Waals surface area (Å²) < 4.78 is 5.12. The third-order valence-electron chi connectivity index (χ3n) is 2.73. The van der Waals surface area contributed by atoms with Gasteiger partial charge in [0.25, 0.3) is 0 Å². The molecule has 1 aliphatic rings. The molecule has 3 heteroatoms. The van der Waals surface area contributed by atoms with E-state index in [2.05, 4.69) is 12.2 Å². The van der Waals surface area contributed by atoms with Gasteiger partial charge in [0.15, 0.2) is 5.78 Å². The summed E-state index contributed by atoms with van der Waals surface area (Å²) in [7, 11) is 1.61. The Kier molecular flexibility index (Phi) is 2.62. The van der Waals surface area contributed by atoms with Crippen molar-refractivity contribution in [2.45, 2.75) is 25.8 Å². The zero-order valence-corrected chi connectivity index (χ0v) is 9.04. The standard InChI is InChI=1S/C12H15NO2/c1-8-3-6-12(14)10-7-9(15-2)4-5-11(10)13-8/h4-5,7-8,13H,3,6H2,1-2H3. The Bertz CT molecular complexity index is 387. The first-order valence-electron chi connectivity index (χ1n) is 5.18. The topological polar surface area (TPSA) is 38.3 Å². The van der Waals surface area contributed by atoms with Crippen LogP contribution < -0.4 is 10.1 Å². The van der Waals surface area contributed by atoms with Gasteiger partial charge in [-0.1, -0.05) is 0 Å². The summed E-state index contributed by atoms with van der Waals surface area (Å²) in [4.78, 5) is 11.8. The Balaban J connectivity index is 2.43. The Hall–Kier alpha value is -1.51. The molecule has 1 aromatic carbocycles. The van der Waals surface area contributed by atoms with Crippen molar-refractivity contribution >= 4 is 11.5 Å². The molecular weight excluding hydrogens is 190 g/mol. The van der Waals surface area contributed by atoms with Gasteiger partial charge in [0, 0.05) is 23.7 Å². The number of hydrogen-bond acceptors (Lipinski definition) is 3. The van der Waals surface area contributed by atoms with E-state index in [0.717, 1.165) is 23.4 Å². The summed E-state index contributed by atoms with van der Waals surface area (Å²) in [5.74, 6) is 0.930. The second-order valence-electron chi connectivity index (χ2n) is 3.92. The molecule has 1 aliphatic heterocycles. The molecule has 1 aromatic rings. The van der Waals surface area contributed by atoms with Crippen molar-refractivity contribution in [2.24, 2.45) is 0 Å². The Morgan fingerprint density at radius 2 is 2.27 bits per heavy atom. The molecule has 1 heterocycles. The fraction of sp³-hybridized carbons (Fsp3) is 0.417. The average Bonchev–Trinajstić information content (AvgIpc) is 2.39. The number of benzene rings is 1. The van der Waals surface area contributed by atoms with Gasteiger partial charge in [-0.05, 0) is 31.5 Å². The van der Waals surface area contributed by atoms with Crippen LogP contribution in [0.25, 0.3) is 0 Å². The van der Waals surface area contributed by atoms with Gasteiger partial charge in [-0.15, -0.1) is 0 Å². The molecular formula is C12H15NO2. The van der Waals surface area contributed by atoms with Crippen LogP contribution in [0.4, 0.5) is 5.69 Å². The number of ketones is 1. The number of methoxy groups -OCH3 is 1. The maximum atomic E-state index is 11.8. The lowest BCUT2D eigenvalue weighted by Crippen LogP contribution is -2.13. The van der Waals surface area contributed by atoms with E-state index in [-0.39, 0.29) is 5.78 Å². The molecule has 0 saturated carbocycles. The van der Waals surface area contributed by atoms with E-state index in [0.29, 0.717) is 12.5 Å². The summed E-state index contributed by atoms with van der Waals surface area (Å²) in [6, 6.07) is 5.94. The second-order valence-corrected chi connectivity index (χ2v) is 3.92. The van der Waals surface area contributed by atoms with Gasteiger partial charge in [0.1, 0.15) is 5.75 Å². The van der Waals surface area contributed by atoms with Crippen LogP contribution in [0.2, 0.25) is 0 Å². The number of anilines is 1. The van der Waals surface area contributed by atoms with Crippen LogP contribution >= 0.6 is 0 Å². The van der Waals surface area contributed by atoms with Crippen molar-refractivity contribution in [1.82, 2.24) is 0 Å². The molecule has 0 radical (unpaired) electrons. The highest BCUT2D eigenvalue weighted by molar-refractivity contribution is 6.02. The highest BCUT2D eigenvalue weighted by Gasteiger charge is 2.19. The lowest BCUT2D eigenvalue weighted by Gasteiger charge is -2.12. The average molecular weight is 205 g/mol. The predicted octanol–water partition coefficient (Wildman–Crippen LogP) is 2.47.